The topological polar surface area (TPSA) is 41.1 Å². The highest BCUT2D eigenvalue weighted by Gasteiger charge is 2.20. The van der Waals surface area contributed by atoms with Crippen LogP contribution in [0.25, 0.3) is 0 Å². The van der Waals surface area contributed by atoms with Gasteiger partial charge in [0, 0.05) is 23.0 Å². The maximum absolute atomic E-state index is 11.7. The van der Waals surface area contributed by atoms with Crippen LogP contribution in [-0.2, 0) is 11.2 Å². The smallest absolute Gasteiger partial charge is 0.221 e. The Balaban J connectivity index is 2.53. The normalized spacial score (nSPS) is 11.3. The van der Waals surface area contributed by atoms with Crippen LogP contribution in [0.4, 0.5) is 0 Å². The molecule has 1 rings (SSSR count). The van der Waals surface area contributed by atoms with E-state index < -0.39 is 0 Å². The van der Waals surface area contributed by atoms with Gasteiger partial charge in [0.1, 0.15) is 0 Å². The third kappa shape index (κ3) is 5.65. The standard InChI is InChI=1S/C14H21BrN2O/c1-14(2,17-13(18)8-9-16-3)10-11-4-6-12(15)7-5-11/h4-7,16H,8-10H2,1-3H3,(H,17,18). The maximum Gasteiger partial charge on any atom is 0.221 e. The van der Waals surface area contributed by atoms with Crippen molar-refractivity contribution in [3.05, 3.63) is 34.3 Å². The van der Waals surface area contributed by atoms with Gasteiger partial charge in [0.2, 0.25) is 5.91 Å². The molecule has 0 saturated heterocycles. The summed E-state index contributed by atoms with van der Waals surface area (Å²) in [5, 5.41) is 6.04. The Morgan fingerprint density at radius 1 is 1.28 bits per heavy atom. The fourth-order valence-corrected chi connectivity index (χ4v) is 2.10. The summed E-state index contributed by atoms with van der Waals surface area (Å²) in [6, 6.07) is 8.19. The Kier molecular flexibility index (Phi) is 5.82. The van der Waals surface area contributed by atoms with E-state index in [4.69, 9.17) is 0 Å². The molecule has 0 aliphatic rings. The Morgan fingerprint density at radius 3 is 2.44 bits per heavy atom. The summed E-state index contributed by atoms with van der Waals surface area (Å²) in [5.74, 6) is 0.0893. The molecule has 18 heavy (non-hydrogen) atoms. The predicted octanol–water partition coefficient (Wildman–Crippen LogP) is 2.50. The monoisotopic (exact) mass is 312 g/mol. The summed E-state index contributed by atoms with van der Waals surface area (Å²) < 4.78 is 1.07. The second-order valence-corrected chi connectivity index (χ2v) is 6.00. The molecule has 1 aromatic carbocycles. The van der Waals surface area contributed by atoms with E-state index in [-0.39, 0.29) is 11.4 Å². The van der Waals surface area contributed by atoms with Crippen LogP contribution in [0.3, 0.4) is 0 Å². The molecule has 4 heteroatoms. The van der Waals surface area contributed by atoms with Gasteiger partial charge in [-0.15, -0.1) is 0 Å². The first-order chi connectivity index (χ1) is 8.43. The van der Waals surface area contributed by atoms with Gasteiger partial charge in [-0.2, -0.15) is 0 Å². The molecule has 0 radical (unpaired) electrons. The quantitative estimate of drug-likeness (QED) is 0.847. The summed E-state index contributed by atoms with van der Waals surface area (Å²) in [5.41, 5.74) is 0.996. The molecule has 0 unspecified atom stereocenters. The van der Waals surface area contributed by atoms with Crippen molar-refractivity contribution in [1.82, 2.24) is 10.6 Å². The second kappa shape index (κ2) is 6.90. The van der Waals surface area contributed by atoms with Gasteiger partial charge in [0.25, 0.3) is 0 Å². The highest BCUT2D eigenvalue weighted by molar-refractivity contribution is 9.10. The minimum absolute atomic E-state index is 0.0893. The summed E-state index contributed by atoms with van der Waals surface area (Å²) in [6.07, 6.45) is 1.34. The summed E-state index contributed by atoms with van der Waals surface area (Å²) in [4.78, 5) is 11.7. The molecular weight excluding hydrogens is 292 g/mol. The van der Waals surface area contributed by atoms with E-state index in [0.29, 0.717) is 13.0 Å². The number of rotatable bonds is 6. The molecule has 100 valence electrons. The molecule has 0 spiro atoms. The zero-order chi connectivity index (χ0) is 13.6. The first-order valence-corrected chi connectivity index (χ1v) is 6.92. The molecule has 0 saturated carbocycles. The van der Waals surface area contributed by atoms with Crippen LogP contribution < -0.4 is 10.6 Å². The molecule has 1 aromatic rings. The van der Waals surface area contributed by atoms with Gasteiger partial charge in [-0.3, -0.25) is 4.79 Å². The average molecular weight is 313 g/mol. The van der Waals surface area contributed by atoms with E-state index in [1.165, 1.54) is 5.56 Å². The number of nitrogens with one attached hydrogen (secondary N) is 2. The zero-order valence-corrected chi connectivity index (χ0v) is 12.8. The van der Waals surface area contributed by atoms with E-state index in [2.05, 4.69) is 38.7 Å². The Hall–Kier alpha value is -0.870. The molecule has 0 heterocycles. The third-order valence-corrected chi connectivity index (χ3v) is 3.17. The van der Waals surface area contributed by atoms with Crippen molar-refractivity contribution in [3.63, 3.8) is 0 Å². The van der Waals surface area contributed by atoms with Crippen LogP contribution in [0.5, 0.6) is 0 Å². The third-order valence-electron chi connectivity index (χ3n) is 2.64. The van der Waals surface area contributed by atoms with Crippen LogP contribution in [0.15, 0.2) is 28.7 Å². The van der Waals surface area contributed by atoms with Crippen LogP contribution in [0, 0.1) is 0 Å². The molecule has 0 bridgehead atoms. The lowest BCUT2D eigenvalue weighted by Crippen LogP contribution is -2.45. The van der Waals surface area contributed by atoms with Gasteiger partial charge in [-0.25, -0.2) is 0 Å². The van der Waals surface area contributed by atoms with Crippen molar-refractivity contribution in [2.24, 2.45) is 0 Å². The number of hydrogen-bond donors (Lipinski definition) is 2. The lowest BCUT2D eigenvalue weighted by Gasteiger charge is -2.26. The van der Waals surface area contributed by atoms with Crippen LogP contribution in [0.2, 0.25) is 0 Å². The zero-order valence-electron chi connectivity index (χ0n) is 11.2. The van der Waals surface area contributed by atoms with Crippen LogP contribution >= 0.6 is 15.9 Å². The number of halogens is 1. The van der Waals surface area contributed by atoms with Crippen LogP contribution in [-0.4, -0.2) is 25.0 Å². The molecule has 0 aromatic heterocycles. The van der Waals surface area contributed by atoms with E-state index in [9.17, 15) is 4.79 Å². The SMILES string of the molecule is CNCCC(=O)NC(C)(C)Cc1ccc(Br)cc1. The minimum atomic E-state index is -0.224. The van der Waals surface area contributed by atoms with E-state index in [0.717, 1.165) is 10.9 Å². The van der Waals surface area contributed by atoms with E-state index in [1.807, 2.05) is 33.0 Å². The molecular formula is C14H21BrN2O. The highest BCUT2D eigenvalue weighted by Crippen LogP contribution is 2.16. The number of amides is 1. The van der Waals surface area contributed by atoms with Gasteiger partial charge in [-0.05, 0) is 45.0 Å². The van der Waals surface area contributed by atoms with Crippen molar-refractivity contribution < 1.29 is 4.79 Å². The molecule has 0 atom stereocenters. The number of hydrogen-bond acceptors (Lipinski definition) is 2. The Morgan fingerprint density at radius 2 is 1.89 bits per heavy atom. The summed E-state index contributed by atoms with van der Waals surface area (Å²) >= 11 is 3.42. The summed E-state index contributed by atoms with van der Waals surface area (Å²) in [7, 11) is 1.85. The lowest BCUT2D eigenvalue weighted by molar-refractivity contribution is -0.122. The van der Waals surface area contributed by atoms with Crippen molar-refractivity contribution in [2.75, 3.05) is 13.6 Å². The molecule has 0 fully saturated rings. The van der Waals surface area contributed by atoms with Gasteiger partial charge in [-0.1, -0.05) is 28.1 Å². The van der Waals surface area contributed by atoms with Gasteiger partial charge in [0.15, 0.2) is 0 Å². The highest BCUT2D eigenvalue weighted by atomic mass is 79.9. The molecule has 0 aliphatic carbocycles. The Labute approximate surface area is 117 Å². The first kappa shape index (κ1) is 15.2. The number of benzene rings is 1. The molecule has 2 N–H and O–H groups in total. The minimum Gasteiger partial charge on any atom is -0.351 e. The average Bonchev–Trinajstić information content (AvgIpc) is 2.28. The number of carbonyl (C=O) groups is 1. The fraction of sp³-hybridized carbons (Fsp3) is 0.500. The van der Waals surface area contributed by atoms with Gasteiger partial charge in [0.05, 0.1) is 0 Å². The van der Waals surface area contributed by atoms with Gasteiger partial charge < -0.3 is 10.6 Å². The first-order valence-electron chi connectivity index (χ1n) is 6.13. The van der Waals surface area contributed by atoms with Gasteiger partial charge >= 0.3 is 0 Å². The molecule has 0 aliphatic heterocycles. The lowest BCUT2D eigenvalue weighted by atomic mass is 9.95. The van der Waals surface area contributed by atoms with Crippen molar-refractivity contribution in [3.8, 4) is 0 Å². The second-order valence-electron chi connectivity index (χ2n) is 5.09. The van der Waals surface area contributed by atoms with E-state index >= 15 is 0 Å². The number of carbonyl (C=O) groups excluding carboxylic acids is 1. The van der Waals surface area contributed by atoms with Crippen molar-refractivity contribution in [2.45, 2.75) is 32.2 Å². The molecule has 3 nitrogen and oxygen atoms in total. The van der Waals surface area contributed by atoms with Crippen molar-refractivity contribution >= 4 is 21.8 Å². The summed E-state index contributed by atoms with van der Waals surface area (Å²) in [6.45, 7) is 4.80. The maximum atomic E-state index is 11.7. The van der Waals surface area contributed by atoms with Crippen LogP contribution in [0.1, 0.15) is 25.8 Å². The molecule has 1 amide bonds. The Bertz CT molecular complexity index is 387. The fourth-order valence-electron chi connectivity index (χ4n) is 1.84. The largest absolute Gasteiger partial charge is 0.351 e. The van der Waals surface area contributed by atoms with Crippen molar-refractivity contribution in [1.29, 1.82) is 0 Å². The predicted molar refractivity (Wildman–Crippen MR) is 78.6 cm³/mol. The van der Waals surface area contributed by atoms with E-state index in [1.54, 1.807) is 0 Å².